The number of nitriles is 1. The van der Waals surface area contributed by atoms with E-state index in [2.05, 4.69) is 16.3 Å². The molecule has 0 unspecified atom stereocenters. The Kier molecular flexibility index (Phi) is 8.00. The van der Waals surface area contributed by atoms with Gasteiger partial charge >= 0.3 is 6.03 Å². The maximum Gasteiger partial charge on any atom is 0.322 e. The largest absolute Gasteiger partial charge is 0.385 e. The molecule has 4 rings (SSSR count). The van der Waals surface area contributed by atoms with Crippen molar-refractivity contribution in [3.63, 3.8) is 0 Å². The van der Waals surface area contributed by atoms with Gasteiger partial charge in [-0.2, -0.15) is 5.26 Å². The standard InChI is InChI=1S/C26H30Cl2N4O2/c27-21-15-22(28)17-23(16-21)30-25(33)32(13-12-31-10-1-2-11-31)24-6-8-26(34,9-7-24)20-5-3-4-19(14-20)18-29/h3-5,14-17,24,34H,1-2,6-13H2,(H,30,33)/t24-,26-. The van der Waals surface area contributed by atoms with Gasteiger partial charge in [0.1, 0.15) is 0 Å². The first-order valence-electron chi connectivity index (χ1n) is 11.9. The van der Waals surface area contributed by atoms with Crippen molar-refractivity contribution in [2.45, 2.75) is 50.2 Å². The summed E-state index contributed by atoms with van der Waals surface area (Å²) in [5.74, 6) is 0. The highest BCUT2D eigenvalue weighted by molar-refractivity contribution is 6.35. The Labute approximate surface area is 211 Å². The zero-order valence-electron chi connectivity index (χ0n) is 19.1. The number of aliphatic hydroxyl groups is 1. The van der Waals surface area contributed by atoms with Gasteiger partial charge in [0.05, 0.1) is 17.2 Å². The van der Waals surface area contributed by atoms with Crippen LogP contribution in [0.25, 0.3) is 0 Å². The van der Waals surface area contributed by atoms with Gasteiger partial charge in [0.15, 0.2) is 0 Å². The van der Waals surface area contributed by atoms with Crippen molar-refractivity contribution in [3.05, 3.63) is 63.6 Å². The molecule has 34 heavy (non-hydrogen) atoms. The summed E-state index contributed by atoms with van der Waals surface area (Å²) < 4.78 is 0. The first kappa shape index (κ1) is 24.8. The van der Waals surface area contributed by atoms with E-state index in [1.807, 2.05) is 17.0 Å². The molecule has 2 N–H and O–H groups in total. The second kappa shape index (κ2) is 11.0. The summed E-state index contributed by atoms with van der Waals surface area (Å²) in [6, 6.07) is 14.2. The third-order valence-electron chi connectivity index (χ3n) is 6.98. The average molecular weight is 501 g/mol. The normalized spacial score (nSPS) is 22.8. The van der Waals surface area contributed by atoms with Crippen molar-refractivity contribution in [1.82, 2.24) is 9.80 Å². The minimum Gasteiger partial charge on any atom is -0.385 e. The van der Waals surface area contributed by atoms with Crippen LogP contribution in [0, 0.1) is 11.3 Å². The minimum absolute atomic E-state index is 0.0108. The van der Waals surface area contributed by atoms with E-state index < -0.39 is 5.60 Å². The molecule has 8 heteroatoms. The molecule has 0 radical (unpaired) electrons. The van der Waals surface area contributed by atoms with Crippen molar-refractivity contribution in [2.75, 3.05) is 31.5 Å². The lowest BCUT2D eigenvalue weighted by atomic mass is 9.77. The van der Waals surface area contributed by atoms with Gasteiger partial charge in [0, 0.05) is 34.9 Å². The summed E-state index contributed by atoms with van der Waals surface area (Å²) in [7, 11) is 0. The number of amides is 2. The monoisotopic (exact) mass is 500 g/mol. The highest BCUT2D eigenvalue weighted by atomic mass is 35.5. The summed E-state index contributed by atoms with van der Waals surface area (Å²) in [4.78, 5) is 17.7. The first-order valence-corrected chi connectivity index (χ1v) is 12.6. The first-order chi connectivity index (χ1) is 16.4. The lowest BCUT2D eigenvalue weighted by Crippen LogP contribution is -2.49. The molecule has 1 saturated heterocycles. The maximum absolute atomic E-state index is 13.4. The number of carbonyl (C=O) groups is 1. The van der Waals surface area contributed by atoms with Gasteiger partial charge in [-0.15, -0.1) is 0 Å². The number of likely N-dealkylation sites (tertiary alicyclic amines) is 1. The fourth-order valence-corrected chi connectivity index (χ4v) is 5.61. The van der Waals surface area contributed by atoms with Gasteiger partial charge in [-0.25, -0.2) is 4.79 Å². The van der Waals surface area contributed by atoms with Crippen LogP contribution in [0.3, 0.4) is 0 Å². The second-order valence-electron chi connectivity index (χ2n) is 9.29. The van der Waals surface area contributed by atoms with Crippen LogP contribution in [0.5, 0.6) is 0 Å². The summed E-state index contributed by atoms with van der Waals surface area (Å²) >= 11 is 12.2. The topological polar surface area (TPSA) is 79.6 Å². The van der Waals surface area contributed by atoms with E-state index in [4.69, 9.17) is 23.2 Å². The lowest BCUT2D eigenvalue weighted by Gasteiger charge is -2.41. The van der Waals surface area contributed by atoms with E-state index in [0.717, 1.165) is 25.2 Å². The molecule has 1 heterocycles. The van der Waals surface area contributed by atoms with Gasteiger partial charge in [0.2, 0.25) is 0 Å². The number of rotatable bonds is 6. The van der Waals surface area contributed by atoms with Crippen LogP contribution in [0.2, 0.25) is 10.0 Å². The van der Waals surface area contributed by atoms with Gasteiger partial charge in [0.25, 0.3) is 0 Å². The predicted octanol–water partition coefficient (Wildman–Crippen LogP) is 5.63. The highest BCUT2D eigenvalue weighted by Crippen LogP contribution is 2.39. The summed E-state index contributed by atoms with van der Waals surface area (Å²) in [5, 5.41) is 24.5. The van der Waals surface area contributed by atoms with Crippen LogP contribution in [0.4, 0.5) is 10.5 Å². The number of nitrogens with one attached hydrogen (secondary N) is 1. The molecule has 1 aliphatic heterocycles. The Morgan fingerprint density at radius 2 is 1.82 bits per heavy atom. The van der Waals surface area contributed by atoms with Crippen molar-refractivity contribution in [1.29, 1.82) is 5.26 Å². The molecule has 180 valence electrons. The van der Waals surface area contributed by atoms with Gasteiger partial charge in [-0.05, 0) is 87.5 Å². The number of hydrogen-bond acceptors (Lipinski definition) is 4. The molecular weight excluding hydrogens is 471 g/mol. The molecule has 2 aliphatic rings. The zero-order valence-corrected chi connectivity index (χ0v) is 20.7. The number of nitrogens with zero attached hydrogens (tertiary/aromatic N) is 3. The molecule has 0 spiro atoms. The molecule has 1 saturated carbocycles. The second-order valence-corrected chi connectivity index (χ2v) is 10.2. The van der Waals surface area contributed by atoms with E-state index in [1.165, 1.54) is 12.8 Å². The third-order valence-corrected chi connectivity index (χ3v) is 7.42. The highest BCUT2D eigenvalue weighted by Gasteiger charge is 2.38. The minimum atomic E-state index is -0.985. The molecule has 0 atom stereocenters. The van der Waals surface area contributed by atoms with Crippen LogP contribution in [0.15, 0.2) is 42.5 Å². The van der Waals surface area contributed by atoms with Crippen LogP contribution >= 0.6 is 23.2 Å². The molecule has 1 aliphatic carbocycles. The number of carbonyl (C=O) groups excluding carboxylic acids is 1. The predicted molar refractivity (Wildman–Crippen MR) is 135 cm³/mol. The maximum atomic E-state index is 13.4. The Bertz CT molecular complexity index is 1040. The Morgan fingerprint density at radius 1 is 1.15 bits per heavy atom. The Morgan fingerprint density at radius 3 is 2.47 bits per heavy atom. The van der Waals surface area contributed by atoms with Crippen molar-refractivity contribution in [3.8, 4) is 6.07 Å². The van der Waals surface area contributed by atoms with Crippen LogP contribution < -0.4 is 5.32 Å². The van der Waals surface area contributed by atoms with Gasteiger partial charge in [-0.3, -0.25) is 0 Å². The SMILES string of the molecule is N#Cc1cccc([C@]2(O)CC[C@H](N(CCN3CCCC3)C(=O)Nc3cc(Cl)cc(Cl)c3)CC2)c1. The number of halogens is 2. The van der Waals surface area contributed by atoms with E-state index in [1.54, 1.807) is 30.3 Å². The summed E-state index contributed by atoms with van der Waals surface area (Å²) in [6.07, 6.45) is 4.82. The van der Waals surface area contributed by atoms with Crippen LogP contribution in [-0.4, -0.2) is 53.2 Å². The Balaban J connectivity index is 1.47. The Hall–Kier alpha value is -2.30. The van der Waals surface area contributed by atoms with Gasteiger partial charge in [-0.1, -0.05) is 35.3 Å². The summed E-state index contributed by atoms with van der Waals surface area (Å²) in [6.45, 7) is 3.58. The van der Waals surface area contributed by atoms with Crippen LogP contribution in [-0.2, 0) is 5.60 Å². The van der Waals surface area contributed by atoms with Crippen molar-refractivity contribution < 1.29 is 9.90 Å². The fourth-order valence-electron chi connectivity index (χ4n) is 5.09. The number of anilines is 1. The number of hydrogen-bond donors (Lipinski definition) is 2. The van der Waals surface area contributed by atoms with E-state index >= 15 is 0 Å². The van der Waals surface area contributed by atoms with Crippen molar-refractivity contribution >= 4 is 34.9 Å². The van der Waals surface area contributed by atoms with Crippen molar-refractivity contribution in [2.24, 2.45) is 0 Å². The molecule has 2 amide bonds. The fraction of sp³-hybridized carbons (Fsp3) is 0.462. The molecule has 0 aromatic heterocycles. The number of urea groups is 1. The van der Waals surface area contributed by atoms with Gasteiger partial charge < -0.3 is 20.2 Å². The number of benzene rings is 2. The lowest BCUT2D eigenvalue weighted by molar-refractivity contribution is -0.0198. The smallest absolute Gasteiger partial charge is 0.322 e. The quantitative estimate of drug-likeness (QED) is 0.538. The van der Waals surface area contributed by atoms with E-state index in [9.17, 15) is 15.2 Å². The molecular formula is C26H30Cl2N4O2. The molecule has 2 fully saturated rings. The molecule has 2 aromatic carbocycles. The average Bonchev–Trinajstić information content (AvgIpc) is 3.33. The van der Waals surface area contributed by atoms with E-state index in [0.29, 0.717) is 53.5 Å². The third kappa shape index (κ3) is 6.03. The molecule has 0 bridgehead atoms. The molecule has 6 nitrogen and oxygen atoms in total. The van der Waals surface area contributed by atoms with E-state index in [-0.39, 0.29) is 12.1 Å². The molecule has 2 aromatic rings. The van der Waals surface area contributed by atoms with Crippen LogP contribution in [0.1, 0.15) is 49.7 Å². The zero-order chi connectivity index (χ0) is 24.1. The summed E-state index contributed by atoms with van der Waals surface area (Å²) in [5.41, 5.74) is 0.891.